The Morgan fingerprint density at radius 1 is 0.812 bits per heavy atom. The summed E-state index contributed by atoms with van der Waals surface area (Å²) in [6, 6.07) is 16.4. The zero-order valence-electron chi connectivity index (χ0n) is 18.6. The van der Waals surface area contributed by atoms with Crippen LogP contribution in [0.15, 0.2) is 60.9 Å². The molecule has 0 saturated carbocycles. The molecular formula is C26H29N5O. The first-order chi connectivity index (χ1) is 15.7. The molecule has 0 aliphatic carbocycles. The fourth-order valence-corrected chi connectivity index (χ4v) is 4.67. The molecule has 32 heavy (non-hydrogen) atoms. The van der Waals surface area contributed by atoms with Crippen LogP contribution in [0.3, 0.4) is 0 Å². The number of hydrogen-bond acceptors (Lipinski definition) is 5. The molecule has 0 N–H and O–H groups in total. The van der Waals surface area contributed by atoms with E-state index in [4.69, 9.17) is 0 Å². The second kappa shape index (κ2) is 8.99. The van der Waals surface area contributed by atoms with Gasteiger partial charge < -0.3 is 14.7 Å². The third-order valence-corrected chi connectivity index (χ3v) is 6.40. The fraction of sp³-hybridized carbons (Fsp3) is 0.346. The summed E-state index contributed by atoms with van der Waals surface area (Å²) in [5.41, 5.74) is 5.01. The van der Waals surface area contributed by atoms with E-state index >= 15 is 0 Å². The molecule has 0 radical (unpaired) electrons. The predicted octanol–water partition coefficient (Wildman–Crippen LogP) is 4.01. The first kappa shape index (κ1) is 20.5. The quantitative estimate of drug-likeness (QED) is 0.630. The largest absolute Gasteiger partial charge is 0.368 e. The Morgan fingerprint density at radius 2 is 1.56 bits per heavy atom. The smallest absolute Gasteiger partial charge is 0.253 e. The van der Waals surface area contributed by atoms with Gasteiger partial charge in [-0.1, -0.05) is 24.3 Å². The third-order valence-electron chi connectivity index (χ3n) is 6.40. The standard InChI is InChI=1S/C26H29N5O/c1-20-6-4-9-23(18-20)29-14-16-31(17-15-29)26(32)22-8-5-7-21(19-22)24-25(28-11-10-27-24)30-12-2-3-13-30/h4-11,18-19H,2-3,12-17H2,1H3. The Morgan fingerprint density at radius 3 is 2.34 bits per heavy atom. The number of aromatic nitrogens is 2. The van der Waals surface area contributed by atoms with E-state index in [1.54, 1.807) is 12.4 Å². The third kappa shape index (κ3) is 4.17. The molecule has 0 bridgehead atoms. The lowest BCUT2D eigenvalue weighted by Crippen LogP contribution is -2.48. The van der Waals surface area contributed by atoms with Gasteiger partial charge in [-0.15, -0.1) is 0 Å². The van der Waals surface area contributed by atoms with Crippen molar-refractivity contribution in [1.29, 1.82) is 0 Å². The molecule has 3 aromatic rings. The lowest BCUT2D eigenvalue weighted by Gasteiger charge is -2.36. The number of aryl methyl sites for hydroxylation is 1. The van der Waals surface area contributed by atoms with Gasteiger partial charge in [0.05, 0.1) is 0 Å². The van der Waals surface area contributed by atoms with Crippen molar-refractivity contribution in [3.05, 3.63) is 72.1 Å². The van der Waals surface area contributed by atoms with E-state index in [1.165, 1.54) is 24.1 Å². The number of rotatable bonds is 4. The molecule has 2 fully saturated rings. The van der Waals surface area contributed by atoms with E-state index in [-0.39, 0.29) is 5.91 Å². The van der Waals surface area contributed by atoms with Gasteiger partial charge in [-0.2, -0.15) is 0 Å². The van der Waals surface area contributed by atoms with Gasteiger partial charge in [0.15, 0.2) is 5.82 Å². The first-order valence-corrected chi connectivity index (χ1v) is 11.5. The van der Waals surface area contributed by atoms with Gasteiger partial charge in [0.1, 0.15) is 5.69 Å². The van der Waals surface area contributed by atoms with Gasteiger partial charge in [0.2, 0.25) is 0 Å². The Balaban J connectivity index is 1.32. The van der Waals surface area contributed by atoms with E-state index in [9.17, 15) is 4.79 Å². The van der Waals surface area contributed by atoms with Crippen LogP contribution in [-0.2, 0) is 0 Å². The topological polar surface area (TPSA) is 52.6 Å². The van der Waals surface area contributed by atoms with Crippen LogP contribution in [0.2, 0.25) is 0 Å². The van der Waals surface area contributed by atoms with Crippen LogP contribution < -0.4 is 9.80 Å². The van der Waals surface area contributed by atoms with Crippen LogP contribution in [0, 0.1) is 6.92 Å². The maximum Gasteiger partial charge on any atom is 0.253 e. The lowest BCUT2D eigenvalue weighted by atomic mass is 10.1. The summed E-state index contributed by atoms with van der Waals surface area (Å²) >= 11 is 0. The minimum Gasteiger partial charge on any atom is -0.368 e. The molecule has 0 atom stereocenters. The summed E-state index contributed by atoms with van der Waals surface area (Å²) in [4.78, 5) is 29.1. The Labute approximate surface area is 189 Å². The Hall–Kier alpha value is -3.41. The molecular weight excluding hydrogens is 398 g/mol. The van der Waals surface area contributed by atoms with Crippen molar-refractivity contribution in [3.8, 4) is 11.3 Å². The molecule has 3 heterocycles. The van der Waals surface area contributed by atoms with Crippen LogP contribution >= 0.6 is 0 Å². The highest BCUT2D eigenvalue weighted by Crippen LogP contribution is 2.29. The number of carbonyl (C=O) groups is 1. The molecule has 1 aromatic heterocycles. The molecule has 6 heteroatoms. The highest BCUT2D eigenvalue weighted by molar-refractivity contribution is 5.96. The second-order valence-electron chi connectivity index (χ2n) is 8.62. The number of anilines is 2. The highest BCUT2D eigenvalue weighted by atomic mass is 16.2. The van der Waals surface area contributed by atoms with Crippen molar-refractivity contribution in [1.82, 2.24) is 14.9 Å². The zero-order chi connectivity index (χ0) is 21.9. The van der Waals surface area contributed by atoms with Gasteiger partial charge in [0.25, 0.3) is 5.91 Å². The van der Waals surface area contributed by atoms with Crippen LogP contribution in [0.1, 0.15) is 28.8 Å². The number of carbonyl (C=O) groups excluding carboxylic acids is 1. The van der Waals surface area contributed by atoms with Gasteiger partial charge >= 0.3 is 0 Å². The number of hydrogen-bond donors (Lipinski definition) is 0. The van der Waals surface area contributed by atoms with Gasteiger partial charge in [-0.05, 0) is 49.6 Å². The number of nitrogens with zero attached hydrogens (tertiary/aromatic N) is 5. The second-order valence-corrected chi connectivity index (χ2v) is 8.62. The van der Waals surface area contributed by atoms with Crippen LogP contribution in [-0.4, -0.2) is 60.0 Å². The molecule has 164 valence electrons. The minimum atomic E-state index is 0.0855. The first-order valence-electron chi connectivity index (χ1n) is 11.5. The predicted molar refractivity (Wildman–Crippen MR) is 128 cm³/mol. The number of benzene rings is 2. The van der Waals surface area contributed by atoms with Gasteiger partial charge in [-0.25, -0.2) is 4.98 Å². The maximum atomic E-state index is 13.3. The maximum absolute atomic E-state index is 13.3. The SMILES string of the molecule is Cc1cccc(N2CCN(C(=O)c3cccc(-c4nccnc4N4CCCC4)c3)CC2)c1. The van der Waals surface area contributed by atoms with Crippen molar-refractivity contribution in [3.63, 3.8) is 0 Å². The number of amides is 1. The van der Waals surface area contributed by atoms with E-state index in [0.717, 1.165) is 56.3 Å². The zero-order valence-corrected chi connectivity index (χ0v) is 18.6. The summed E-state index contributed by atoms with van der Waals surface area (Å²) < 4.78 is 0. The fourth-order valence-electron chi connectivity index (χ4n) is 4.67. The normalized spacial score (nSPS) is 16.5. The molecule has 6 nitrogen and oxygen atoms in total. The van der Waals surface area contributed by atoms with Gasteiger partial charge in [-0.3, -0.25) is 9.78 Å². The van der Waals surface area contributed by atoms with Gasteiger partial charge in [0, 0.05) is 68.5 Å². The monoisotopic (exact) mass is 427 g/mol. The average Bonchev–Trinajstić information content (AvgIpc) is 3.39. The molecule has 2 saturated heterocycles. The van der Waals surface area contributed by atoms with Crippen molar-refractivity contribution in [2.45, 2.75) is 19.8 Å². The highest BCUT2D eigenvalue weighted by Gasteiger charge is 2.24. The summed E-state index contributed by atoms with van der Waals surface area (Å²) in [5.74, 6) is 1.00. The van der Waals surface area contributed by atoms with E-state index in [0.29, 0.717) is 5.56 Å². The summed E-state index contributed by atoms with van der Waals surface area (Å²) in [5, 5.41) is 0. The molecule has 5 rings (SSSR count). The van der Waals surface area contributed by atoms with Crippen molar-refractivity contribution in [2.75, 3.05) is 49.1 Å². The van der Waals surface area contributed by atoms with E-state index in [2.05, 4.69) is 51.0 Å². The van der Waals surface area contributed by atoms with E-state index < -0.39 is 0 Å². The summed E-state index contributed by atoms with van der Waals surface area (Å²) in [6.07, 6.45) is 5.85. The summed E-state index contributed by atoms with van der Waals surface area (Å²) in [7, 11) is 0. The van der Waals surface area contributed by atoms with Crippen LogP contribution in [0.25, 0.3) is 11.3 Å². The molecule has 2 aliphatic heterocycles. The van der Waals surface area contributed by atoms with Crippen molar-refractivity contribution >= 4 is 17.4 Å². The Bertz CT molecular complexity index is 1100. The van der Waals surface area contributed by atoms with Crippen LogP contribution in [0.4, 0.5) is 11.5 Å². The summed E-state index contributed by atoms with van der Waals surface area (Å²) in [6.45, 7) is 7.27. The molecule has 1 amide bonds. The molecule has 2 aromatic carbocycles. The molecule has 0 unspecified atom stereocenters. The lowest BCUT2D eigenvalue weighted by molar-refractivity contribution is 0.0747. The molecule has 2 aliphatic rings. The minimum absolute atomic E-state index is 0.0855. The van der Waals surface area contributed by atoms with Crippen molar-refractivity contribution in [2.24, 2.45) is 0 Å². The average molecular weight is 428 g/mol. The van der Waals surface area contributed by atoms with E-state index in [1.807, 2.05) is 29.2 Å². The molecule has 0 spiro atoms. The Kier molecular flexibility index (Phi) is 5.75. The van der Waals surface area contributed by atoms with Crippen LogP contribution in [0.5, 0.6) is 0 Å². The van der Waals surface area contributed by atoms with Crippen molar-refractivity contribution < 1.29 is 4.79 Å². The number of piperazine rings is 1.